The van der Waals surface area contributed by atoms with Crippen molar-refractivity contribution in [1.29, 1.82) is 0 Å². The Morgan fingerprint density at radius 3 is 2.36 bits per heavy atom. The first-order valence-electron chi connectivity index (χ1n) is 6.60. The topological polar surface area (TPSA) is 46.2 Å². The Morgan fingerprint density at radius 1 is 1.05 bits per heavy atom. The minimum absolute atomic E-state index is 0.246. The number of anilines is 1. The number of nitrogens with one attached hydrogen (secondary N) is 1. The van der Waals surface area contributed by atoms with Gasteiger partial charge in [-0.1, -0.05) is 24.8 Å². The van der Waals surface area contributed by atoms with E-state index in [1.165, 1.54) is 18.2 Å². The summed E-state index contributed by atoms with van der Waals surface area (Å²) < 4.78 is 13.4. The Labute approximate surface area is 127 Å². The van der Waals surface area contributed by atoms with Gasteiger partial charge in [-0.3, -0.25) is 9.59 Å². The first-order chi connectivity index (χ1) is 10.6. The fraction of sp³-hybridized carbons (Fsp3) is 0. The maximum Gasteiger partial charge on any atom is 0.247 e. The summed E-state index contributed by atoms with van der Waals surface area (Å²) in [5.41, 5.74) is 1.37. The van der Waals surface area contributed by atoms with Gasteiger partial charge >= 0.3 is 0 Å². The molecular formula is C18H14FNO2. The summed E-state index contributed by atoms with van der Waals surface area (Å²) in [4.78, 5) is 23.2. The number of carbonyl (C=O) groups is 2. The van der Waals surface area contributed by atoms with E-state index in [-0.39, 0.29) is 17.5 Å². The van der Waals surface area contributed by atoms with Crippen molar-refractivity contribution in [3.63, 3.8) is 0 Å². The van der Waals surface area contributed by atoms with E-state index in [1.54, 1.807) is 42.5 Å². The van der Waals surface area contributed by atoms with Gasteiger partial charge in [0.15, 0.2) is 5.78 Å². The second-order valence-corrected chi connectivity index (χ2v) is 4.49. The molecule has 2 aromatic carbocycles. The molecule has 1 amide bonds. The zero-order valence-electron chi connectivity index (χ0n) is 11.8. The van der Waals surface area contributed by atoms with Gasteiger partial charge in [0.1, 0.15) is 5.82 Å². The lowest BCUT2D eigenvalue weighted by Gasteiger charge is -2.02. The molecule has 0 heterocycles. The number of halogens is 1. The Balaban J connectivity index is 2.08. The van der Waals surface area contributed by atoms with Crippen LogP contribution in [0.15, 0.2) is 67.3 Å². The van der Waals surface area contributed by atoms with Gasteiger partial charge in [0.05, 0.1) is 0 Å². The zero-order chi connectivity index (χ0) is 15.9. The average molecular weight is 295 g/mol. The molecule has 0 radical (unpaired) electrons. The zero-order valence-corrected chi connectivity index (χ0v) is 11.8. The van der Waals surface area contributed by atoms with Gasteiger partial charge in [-0.05, 0) is 48.6 Å². The second kappa shape index (κ2) is 7.13. The SMILES string of the molecule is C=CC(=O)Nc1ccc(C(=O)/C=C/c2ccccc2F)cc1. The summed E-state index contributed by atoms with van der Waals surface area (Å²) in [7, 11) is 0. The Kier molecular flexibility index (Phi) is 4.98. The highest BCUT2D eigenvalue weighted by Gasteiger charge is 2.03. The van der Waals surface area contributed by atoms with Gasteiger partial charge in [-0.2, -0.15) is 0 Å². The number of amides is 1. The van der Waals surface area contributed by atoms with Gasteiger partial charge in [0, 0.05) is 16.8 Å². The van der Waals surface area contributed by atoms with Gasteiger partial charge in [-0.25, -0.2) is 4.39 Å². The van der Waals surface area contributed by atoms with Gasteiger partial charge in [0.25, 0.3) is 0 Å². The molecule has 0 atom stereocenters. The van der Waals surface area contributed by atoms with Crippen molar-refractivity contribution >= 4 is 23.5 Å². The first-order valence-corrected chi connectivity index (χ1v) is 6.60. The Morgan fingerprint density at radius 2 is 1.73 bits per heavy atom. The summed E-state index contributed by atoms with van der Waals surface area (Å²) in [6.45, 7) is 3.36. The smallest absolute Gasteiger partial charge is 0.247 e. The molecule has 1 N–H and O–H groups in total. The van der Waals surface area contributed by atoms with Gasteiger partial charge < -0.3 is 5.32 Å². The minimum atomic E-state index is -0.381. The fourth-order valence-electron chi connectivity index (χ4n) is 1.78. The molecule has 3 nitrogen and oxygen atoms in total. The predicted molar refractivity (Wildman–Crippen MR) is 85.0 cm³/mol. The molecule has 4 heteroatoms. The molecule has 0 aliphatic rings. The van der Waals surface area contributed by atoms with Crippen LogP contribution in [0.1, 0.15) is 15.9 Å². The number of ketones is 1. The molecule has 2 aromatic rings. The van der Waals surface area contributed by atoms with Crippen molar-refractivity contribution in [3.8, 4) is 0 Å². The molecule has 0 saturated heterocycles. The third-order valence-corrected chi connectivity index (χ3v) is 2.94. The quantitative estimate of drug-likeness (QED) is 0.673. The van der Waals surface area contributed by atoms with E-state index in [9.17, 15) is 14.0 Å². The molecule has 0 saturated carbocycles. The van der Waals surface area contributed by atoms with Crippen molar-refractivity contribution in [2.45, 2.75) is 0 Å². The molecule has 22 heavy (non-hydrogen) atoms. The first kappa shape index (κ1) is 15.4. The summed E-state index contributed by atoms with van der Waals surface area (Å²) in [5.74, 6) is -0.947. The van der Waals surface area contributed by atoms with Gasteiger partial charge in [-0.15, -0.1) is 0 Å². The molecule has 0 spiro atoms. The van der Waals surface area contributed by atoms with Crippen molar-refractivity contribution in [3.05, 3.63) is 84.2 Å². The summed E-state index contributed by atoms with van der Waals surface area (Å²) in [6.07, 6.45) is 3.91. The van der Waals surface area contributed by atoms with Crippen LogP contribution in [0.2, 0.25) is 0 Å². The molecule has 0 unspecified atom stereocenters. The molecule has 0 aliphatic heterocycles. The number of hydrogen-bond acceptors (Lipinski definition) is 2. The van der Waals surface area contributed by atoms with E-state index in [0.29, 0.717) is 16.8 Å². The number of allylic oxidation sites excluding steroid dienone is 1. The van der Waals surface area contributed by atoms with Crippen molar-refractivity contribution in [2.75, 3.05) is 5.32 Å². The van der Waals surface area contributed by atoms with E-state index in [0.717, 1.165) is 6.08 Å². The highest BCUT2D eigenvalue weighted by molar-refractivity contribution is 6.07. The lowest BCUT2D eigenvalue weighted by atomic mass is 10.1. The van der Waals surface area contributed by atoms with E-state index >= 15 is 0 Å². The molecule has 2 rings (SSSR count). The monoisotopic (exact) mass is 295 g/mol. The van der Waals surface area contributed by atoms with E-state index in [2.05, 4.69) is 11.9 Å². The van der Waals surface area contributed by atoms with Crippen LogP contribution in [0.3, 0.4) is 0 Å². The highest BCUT2D eigenvalue weighted by Crippen LogP contribution is 2.12. The van der Waals surface area contributed by atoms with Crippen molar-refractivity contribution in [2.24, 2.45) is 0 Å². The summed E-state index contributed by atoms with van der Waals surface area (Å²) >= 11 is 0. The molecule has 110 valence electrons. The van der Waals surface area contributed by atoms with Crippen LogP contribution in [-0.4, -0.2) is 11.7 Å². The van der Waals surface area contributed by atoms with E-state index < -0.39 is 0 Å². The van der Waals surface area contributed by atoms with E-state index in [1.807, 2.05) is 0 Å². The molecular weight excluding hydrogens is 281 g/mol. The summed E-state index contributed by atoms with van der Waals surface area (Å²) in [6, 6.07) is 12.6. The highest BCUT2D eigenvalue weighted by atomic mass is 19.1. The molecule has 0 fully saturated rings. The maximum absolute atomic E-state index is 13.4. The van der Waals surface area contributed by atoms with Crippen LogP contribution in [0.5, 0.6) is 0 Å². The van der Waals surface area contributed by atoms with Crippen LogP contribution in [0.4, 0.5) is 10.1 Å². The van der Waals surface area contributed by atoms with Crippen LogP contribution < -0.4 is 5.32 Å². The Bertz CT molecular complexity index is 733. The van der Waals surface area contributed by atoms with Crippen LogP contribution in [-0.2, 0) is 4.79 Å². The number of benzene rings is 2. The third-order valence-electron chi connectivity index (χ3n) is 2.94. The lowest BCUT2D eigenvalue weighted by Crippen LogP contribution is -2.07. The molecule has 0 bridgehead atoms. The second-order valence-electron chi connectivity index (χ2n) is 4.49. The summed E-state index contributed by atoms with van der Waals surface area (Å²) in [5, 5.41) is 2.59. The molecule has 0 aromatic heterocycles. The van der Waals surface area contributed by atoms with Crippen LogP contribution in [0.25, 0.3) is 6.08 Å². The largest absolute Gasteiger partial charge is 0.323 e. The van der Waals surface area contributed by atoms with Crippen LogP contribution in [0, 0.1) is 5.82 Å². The minimum Gasteiger partial charge on any atom is -0.323 e. The normalized spacial score (nSPS) is 10.4. The standard InChI is InChI=1S/C18H14FNO2/c1-2-18(22)20-15-10-7-14(8-11-15)17(21)12-9-13-5-3-4-6-16(13)19/h2-12H,1H2,(H,20,22)/b12-9+. The lowest BCUT2D eigenvalue weighted by molar-refractivity contribution is -0.111. The third kappa shape index (κ3) is 3.99. The number of carbonyl (C=O) groups excluding carboxylic acids is 2. The fourth-order valence-corrected chi connectivity index (χ4v) is 1.78. The maximum atomic E-state index is 13.4. The van der Waals surface area contributed by atoms with Crippen LogP contribution >= 0.6 is 0 Å². The Hall–Kier alpha value is -3.01. The number of rotatable bonds is 5. The average Bonchev–Trinajstić information content (AvgIpc) is 2.54. The number of hydrogen-bond donors (Lipinski definition) is 1. The van der Waals surface area contributed by atoms with E-state index in [4.69, 9.17) is 0 Å². The molecule has 0 aliphatic carbocycles. The predicted octanol–water partition coefficient (Wildman–Crippen LogP) is 3.85. The van der Waals surface area contributed by atoms with Crippen molar-refractivity contribution < 1.29 is 14.0 Å². The van der Waals surface area contributed by atoms with Crippen molar-refractivity contribution in [1.82, 2.24) is 0 Å². The van der Waals surface area contributed by atoms with Gasteiger partial charge in [0.2, 0.25) is 5.91 Å².